The highest BCUT2D eigenvalue weighted by Crippen LogP contribution is 2.44. The van der Waals surface area contributed by atoms with Crippen LogP contribution in [0, 0.1) is 0 Å². The predicted molar refractivity (Wildman–Crippen MR) is 130 cm³/mol. The zero-order valence-corrected chi connectivity index (χ0v) is 18.8. The topological polar surface area (TPSA) is 55.4 Å². The van der Waals surface area contributed by atoms with Gasteiger partial charge in [0.1, 0.15) is 0 Å². The van der Waals surface area contributed by atoms with Crippen molar-refractivity contribution in [2.24, 2.45) is 0 Å². The van der Waals surface area contributed by atoms with Crippen LogP contribution in [-0.2, 0) is 20.7 Å². The molecule has 0 spiro atoms. The second-order valence-electron chi connectivity index (χ2n) is 8.71. The number of dihydropyridines is 1. The molecule has 0 radical (unpaired) electrons. The summed E-state index contributed by atoms with van der Waals surface area (Å²) in [6, 6.07) is 24.2. The third-order valence-electron chi connectivity index (χ3n) is 6.60. The molecule has 3 aromatic carbocycles. The fourth-order valence-corrected chi connectivity index (χ4v) is 5.05. The summed E-state index contributed by atoms with van der Waals surface area (Å²) in [5.74, 6) is -0.674. The Morgan fingerprint density at radius 2 is 1.73 bits per heavy atom. The number of rotatable bonds is 5. The van der Waals surface area contributed by atoms with Crippen LogP contribution in [0.5, 0.6) is 0 Å². The third kappa shape index (κ3) is 4.09. The minimum atomic E-state index is -0.427. The van der Waals surface area contributed by atoms with Crippen molar-refractivity contribution in [3.63, 3.8) is 0 Å². The molecule has 1 N–H and O–H groups in total. The molecule has 1 heterocycles. The molecule has 5 rings (SSSR count). The number of ketones is 1. The number of fused-ring (bicyclic) bond motifs is 1. The molecule has 33 heavy (non-hydrogen) atoms. The number of esters is 1. The molecular formula is C29H27NO3. The Hall–Kier alpha value is -3.66. The number of benzene rings is 3. The van der Waals surface area contributed by atoms with Crippen LogP contribution in [0.1, 0.15) is 43.2 Å². The molecule has 0 amide bonds. The van der Waals surface area contributed by atoms with E-state index >= 15 is 0 Å². The first kappa shape index (κ1) is 21.2. The van der Waals surface area contributed by atoms with Crippen molar-refractivity contribution >= 4 is 22.5 Å². The molecule has 4 heteroatoms. The smallest absolute Gasteiger partial charge is 0.336 e. The number of carbonyl (C=O) groups is 2. The first-order valence-corrected chi connectivity index (χ1v) is 11.6. The Balaban J connectivity index is 1.54. The second kappa shape index (κ2) is 9.07. The van der Waals surface area contributed by atoms with Gasteiger partial charge in [-0.15, -0.1) is 0 Å². The summed E-state index contributed by atoms with van der Waals surface area (Å²) in [6.07, 6.45) is 2.81. The van der Waals surface area contributed by atoms with Gasteiger partial charge in [-0.1, -0.05) is 72.8 Å². The summed E-state index contributed by atoms with van der Waals surface area (Å²) < 4.78 is 5.76. The van der Waals surface area contributed by atoms with Crippen LogP contribution in [0.3, 0.4) is 0 Å². The summed E-state index contributed by atoms with van der Waals surface area (Å²) in [5, 5.41) is 5.52. The average Bonchev–Trinajstić information content (AvgIpc) is 2.83. The maximum absolute atomic E-state index is 13.4. The monoisotopic (exact) mass is 437 g/mol. The lowest BCUT2D eigenvalue weighted by Gasteiger charge is -2.34. The fourth-order valence-electron chi connectivity index (χ4n) is 5.05. The molecule has 0 fully saturated rings. The van der Waals surface area contributed by atoms with Crippen molar-refractivity contribution in [3.05, 3.63) is 106 Å². The van der Waals surface area contributed by atoms with Gasteiger partial charge in [0, 0.05) is 35.7 Å². The van der Waals surface area contributed by atoms with E-state index in [0.717, 1.165) is 51.7 Å². The first-order valence-electron chi connectivity index (χ1n) is 11.6. The van der Waals surface area contributed by atoms with Crippen molar-refractivity contribution in [2.45, 2.75) is 38.5 Å². The van der Waals surface area contributed by atoms with Crippen LogP contribution < -0.4 is 5.32 Å². The van der Waals surface area contributed by atoms with Gasteiger partial charge in [0.05, 0.1) is 12.2 Å². The Kier molecular flexibility index (Phi) is 5.82. The van der Waals surface area contributed by atoms with Crippen LogP contribution in [0.4, 0.5) is 0 Å². The van der Waals surface area contributed by atoms with E-state index in [4.69, 9.17) is 4.74 Å². The van der Waals surface area contributed by atoms with Gasteiger partial charge in [-0.3, -0.25) is 4.79 Å². The number of Topliss-reactive ketones (excluding diaryl/α,β-unsaturated/α-hetero) is 1. The van der Waals surface area contributed by atoms with E-state index in [9.17, 15) is 9.59 Å². The summed E-state index contributed by atoms with van der Waals surface area (Å²) in [5.41, 5.74) is 5.07. The van der Waals surface area contributed by atoms with Crippen molar-refractivity contribution in [3.8, 4) is 0 Å². The molecule has 2 aliphatic rings. The quantitative estimate of drug-likeness (QED) is 0.529. The molecule has 1 aliphatic carbocycles. The van der Waals surface area contributed by atoms with E-state index in [2.05, 4.69) is 23.5 Å². The SMILES string of the molecule is CC1=C(C(=O)OCCc2ccccc2)[C@H](c2cccc3ccccc23)C2=C(CCCC2=O)N1. The van der Waals surface area contributed by atoms with Gasteiger partial charge in [-0.25, -0.2) is 4.79 Å². The maximum atomic E-state index is 13.4. The lowest BCUT2D eigenvalue weighted by atomic mass is 9.74. The highest BCUT2D eigenvalue weighted by atomic mass is 16.5. The van der Waals surface area contributed by atoms with E-state index in [-0.39, 0.29) is 11.8 Å². The molecular weight excluding hydrogens is 410 g/mol. The zero-order valence-electron chi connectivity index (χ0n) is 18.8. The van der Waals surface area contributed by atoms with Crippen molar-refractivity contribution < 1.29 is 14.3 Å². The number of nitrogens with one attached hydrogen (secondary N) is 1. The van der Waals surface area contributed by atoms with Gasteiger partial charge in [0.15, 0.2) is 5.78 Å². The van der Waals surface area contributed by atoms with Gasteiger partial charge >= 0.3 is 5.97 Å². The lowest BCUT2D eigenvalue weighted by Crippen LogP contribution is -2.34. The van der Waals surface area contributed by atoms with Crippen molar-refractivity contribution in [1.29, 1.82) is 0 Å². The normalized spacial score (nSPS) is 18.2. The van der Waals surface area contributed by atoms with Crippen LogP contribution in [0.15, 0.2) is 95.3 Å². The lowest BCUT2D eigenvalue weighted by molar-refractivity contribution is -0.139. The Labute approximate surface area is 194 Å². The number of hydrogen-bond acceptors (Lipinski definition) is 4. The Morgan fingerprint density at radius 3 is 2.58 bits per heavy atom. The fraction of sp³-hybridized carbons (Fsp3) is 0.241. The minimum absolute atomic E-state index is 0.115. The van der Waals surface area contributed by atoms with Gasteiger partial charge in [0.2, 0.25) is 0 Å². The minimum Gasteiger partial charge on any atom is -0.462 e. The van der Waals surface area contributed by atoms with Gasteiger partial charge in [0.25, 0.3) is 0 Å². The Bertz CT molecular complexity index is 1280. The molecule has 4 nitrogen and oxygen atoms in total. The first-order chi connectivity index (χ1) is 16.1. The van der Waals surface area contributed by atoms with Gasteiger partial charge in [-0.05, 0) is 41.7 Å². The van der Waals surface area contributed by atoms with E-state index in [1.165, 1.54) is 0 Å². The highest BCUT2D eigenvalue weighted by molar-refractivity contribution is 6.05. The summed E-state index contributed by atoms with van der Waals surface area (Å²) >= 11 is 0. The van der Waals surface area contributed by atoms with E-state index in [0.29, 0.717) is 25.0 Å². The molecule has 0 saturated heterocycles. The number of hydrogen-bond donors (Lipinski definition) is 1. The van der Waals surface area contributed by atoms with Crippen molar-refractivity contribution in [1.82, 2.24) is 5.32 Å². The number of carbonyl (C=O) groups excluding carboxylic acids is 2. The number of ether oxygens (including phenoxy) is 1. The average molecular weight is 438 g/mol. The maximum Gasteiger partial charge on any atom is 0.336 e. The van der Waals surface area contributed by atoms with Crippen LogP contribution in [0.2, 0.25) is 0 Å². The standard InChI is InChI=1S/C29H27NO3/c1-19-26(29(32)33-18-17-20-9-3-2-4-10-20)27(28-24(30-19)15-8-16-25(28)31)23-14-7-12-21-11-5-6-13-22(21)23/h2-7,9-14,27,30H,8,15-18H2,1H3/t27-/m0/s1. The van der Waals surface area contributed by atoms with Crippen LogP contribution in [-0.4, -0.2) is 18.4 Å². The molecule has 0 aromatic heterocycles. The third-order valence-corrected chi connectivity index (χ3v) is 6.60. The largest absolute Gasteiger partial charge is 0.462 e. The second-order valence-corrected chi connectivity index (χ2v) is 8.71. The van der Waals surface area contributed by atoms with Gasteiger partial charge < -0.3 is 10.1 Å². The molecule has 0 bridgehead atoms. The summed E-state index contributed by atoms with van der Waals surface area (Å²) in [7, 11) is 0. The summed E-state index contributed by atoms with van der Waals surface area (Å²) in [6.45, 7) is 2.20. The summed E-state index contributed by atoms with van der Waals surface area (Å²) in [4.78, 5) is 26.6. The van der Waals surface area contributed by atoms with E-state index < -0.39 is 5.92 Å². The molecule has 0 unspecified atom stereocenters. The molecule has 0 saturated carbocycles. The van der Waals surface area contributed by atoms with E-state index in [1.807, 2.05) is 61.5 Å². The highest BCUT2D eigenvalue weighted by Gasteiger charge is 2.39. The molecule has 3 aromatic rings. The van der Waals surface area contributed by atoms with Crippen LogP contribution >= 0.6 is 0 Å². The predicted octanol–water partition coefficient (Wildman–Crippen LogP) is 5.59. The zero-order chi connectivity index (χ0) is 22.8. The number of allylic oxidation sites excluding steroid dienone is 3. The van der Waals surface area contributed by atoms with E-state index in [1.54, 1.807) is 0 Å². The van der Waals surface area contributed by atoms with Crippen molar-refractivity contribution in [2.75, 3.05) is 6.61 Å². The van der Waals surface area contributed by atoms with Crippen LogP contribution in [0.25, 0.3) is 10.8 Å². The molecule has 166 valence electrons. The molecule has 1 atom stereocenters. The Morgan fingerprint density at radius 1 is 0.970 bits per heavy atom. The van der Waals surface area contributed by atoms with Gasteiger partial charge in [-0.2, -0.15) is 0 Å². The molecule has 1 aliphatic heterocycles.